The van der Waals surface area contributed by atoms with Crippen LogP contribution >= 0.6 is 0 Å². The molecule has 0 bridgehead atoms. The summed E-state index contributed by atoms with van der Waals surface area (Å²) < 4.78 is 6.81. The summed E-state index contributed by atoms with van der Waals surface area (Å²) in [6, 6.07) is 7.71. The quantitative estimate of drug-likeness (QED) is 0.763. The third-order valence-corrected chi connectivity index (χ3v) is 2.87. The van der Waals surface area contributed by atoms with Crippen LogP contribution in [0.1, 0.15) is 5.56 Å². The normalized spacial score (nSPS) is 10.8. The Bertz CT molecular complexity index is 758. The highest BCUT2D eigenvalue weighted by atomic mass is 16.5. The molecule has 1 N–H and O–H groups in total. The number of aromatic amines is 1. The van der Waals surface area contributed by atoms with Gasteiger partial charge in [-0.05, 0) is 17.7 Å². The van der Waals surface area contributed by atoms with Crippen LogP contribution in [0.3, 0.4) is 0 Å². The summed E-state index contributed by atoms with van der Waals surface area (Å²) in [4.78, 5) is 18.1. The summed E-state index contributed by atoms with van der Waals surface area (Å²) in [5, 5.41) is 4.76. The van der Waals surface area contributed by atoms with Gasteiger partial charge in [0.05, 0.1) is 20.0 Å². The van der Waals surface area contributed by atoms with E-state index in [0.29, 0.717) is 17.6 Å². The first-order valence-electron chi connectivity index (χ1n) is 5.80. The molecule has 0 saturated carbocycles. The smallest absolute Gasteiger partial charge is 0.261 e. The first-order chi connectivity index (χ1) is 9.26. The van der Waals surface area contributed by atoms with Crippen LogP contribution in [0.5, 0.6) is 5.75 Å². The highest BCUT2D eigenvalue weighted by Crippen LogP contribution is 2.12. The molecule has 0 aliphatic rings. The predicted molar refractivity (Wildman–Crippen MR) is 70.2 cm³/mol. The number of nitrogens with zero attached hydrogens (tertiary/aromatic N) is 3. The topological polar surface area (TPSA) is 72.8 Å². The highest BCUT2D eigenvalue weighted by molar-refractivity contribution is 5.71. The zero-order chi connectivity index (χ0) is 13.2. The van der Waals surface area contributed by atoms with E-state index in [2.05, 4.69) is 15.1 Å². The van der Waals surface area contributed by atoms with Crippen molar-refractivity contribution in [3.8, 4) is 5.75 Å². The molecule has 0 aliphatic carbocycles. The van der Waals surface area contributed by atoms with Crippen LogP contribution in [0, 0.1) is 0 Å². The second-order valence-corrected chi connectivity index (χ2v) is 4.14. The van der Waals surface area contributed by atoms with E-state index in [9.17, 15) is 4.79 Å². The molecular weight excluding hydrogens is 244 g/mol. The summed E-state index contributed by atoms with van der Waals surface area (Å²) in [5.74, 6) is 0.812. The van der Waals surface area contributed by atoms with Gasteiger partial charge in [0.25, 0.3) is 5.56 Å². The van der Waals surface area contributed by atoms with Crippen molar-refractivity contribution in [2.45, 2.75) is 6.54 Å². The summed E-state index contributed by atoms with van der Waals surface area (Å²) in [7, 11) is 1.63. The van der Waals surface area contributed by atoms with Crippen LogP contribution in [0.4, 0.5) is 0 Å². The molecule has 3 rings (SSSR count). The lowest BCUT2D eigenvalue weighted by Gasteiger charge is -2.03. The maximum absolute atomic E-state index is 11.6. The second-order valence-electron chi connectivity index (χ2n) is 4.14. The average molecular weight is 256 g/mol. The van der Waals surface area contributed by atoms with E-state index in [4.69, 9.17) is 4.74 Å². The van der Waals surface area contributed by atoms with Crippen molar-refractivity contribution < 1.29 is 4.74 Å². The third kappa shape index (κ3) is 2.20. The van der Waals surface area contributed by atoms with Gasteiger partial charge in [0.15, 0.2) is 5.65 Å². The minimum absolute atomic E-state index is 0.175. The van der Waals surface area contributed by atoms with Gasteiger partial charge >= 0.3 is 0 Å². The summed E-state index contributed by atoms with van der Waals surface area (Å²) in [5.41, 5.74) is 1.35. The number of methoxy groups -OCH3 is 1. The second kappa shape index (κ2) is 4.56. The van der Waals surface area contributed by atoms with Crippen LogP contribution in [-0.2, 0) is 6.54 Å². The summed E-state index contributed by atoms with van der Waals surface area (Å²) in [6.45, 7) is 0.583. The molecule has 3 aromatic rings. The van der Waals surface area contributed by atoms with Crippen molar-refractivity contribution in [3.05, 3.63) is 52.7 Å². The number of H-pyrrole nitrogens is 1. The molecule has 0 aliphatic heterocycles. The molecule has 0 radical (unpaired) electrons. The maximum atomic E-state index is 11.6. The largest absolute Gasteiger partial charge is 0.497 e. The van der Waals surface area contributed by atoms with E-state index in [-0.39, 0.29) is 5.56 Å². The lowest BCUT2D eigenvalue weighted by molar-refractivity contribution is 0.414. The van der Waals surface area contributed by atoms with Crippen molar-refractivity contribution >= 4 is 11.0 Å². The van der Waals surface area contributed by atoms with E-state index in [1.54, 1.807) is 18.0 Å². The first kappa shape index (κ1) is 11.5. The molecule has 0 amide bonds. The molecule has 96 valence electrons. The molecule has 2 aromatic heterocycles. The molecule has 6 heteroatoms. The van der Waals surface area contributed by atoms with Gasteiger partial charge in [-0.15, -0.1) is 0 Å². The van der Waals surface area contributed by atoms with Gasteiger partial charge in [0.2, 0.25) is 0 Å². The fraction of sp³-hybridized carbons (Fsp3) is 0.154. The van der Waals surface area contributed by atoms with Gasteiger partial charge in [-0.25, -0.2) is 4.98 Å². The van der Waals surface area contributed by atoms with Gasteiger partial charge in [0.1, 0.15) is 11.1 Å². The number of aromatic nitrogens is 4. The number of fused-ring (bicyclic) bond motifs is 1. The Labute approximate surface area is 108 Å². The van der Waals surface area contributed by atoms with E-state index < -0.39 is 0 Å². The van der Waals surface area contributed by atoms with Crippen molar-refractivity contribution in [2.75, 3.05) is 7.11 Å². The Morgan fingerprint density at radius 3 is 2.79 bits per heavy atom. The Morgan fingerprint density at radius 2 is 2.11 bits per heavy atom. The highest BCUT2D eigenvalue weighted by Gasteiger charge is 2.05. The van der Waals surface area contributed by atoms with Gasteiger partial charge in [0, 0.05) is 6.20 Å². The minimum Gasteiger partial charge on any atom is -0.497 e. The van der Waals surface area contributed by atoms with Crippen molar-refractivity contribution in [1.82, 2.24) is 19.7 Å². The number of benzene rings is 1. The van der Waals surface area contributed by atoms with Gasteiger partial charge in [-0.2, -0.15) is 5.10 Å². The number of hydrogen-bond donors (Lipinski definition) is 1. The summed E-state index contributed by atoms with van der Waals surface area (Å²) in [6.07, 6.45) is 3.06. The van der Waals surface area contributed by atoms with Gasteiger partial charge in [-0.1, -0.05) is 12.1 Å². The van der Waals surface area contributed by atoms with Crippen LogP contribution in [0.2, 0.25) is 0 Å². The average Bonchev–Trinajstić information content (AvgIpc) is 2.84. The molecule has 2 heterocycles. The van der Waals surface area contributed by atoms with Crippen molar-refractivity contribution in [2.24, 2.45) is 0 Å². The molecule has 0 fully saturated rings. The monoisotopic (exact) mass is 256 g/mol. The molecule has 1 aromatic carbocycles. The molecule has 0 unspecified atom stereocenters. The number of ether oxygens (including phenoxy) is 1. The van der Waals surface area contributed by atoms with Crippen LogP contribution < -0.4 is 10.3 Å². The van der Waals surface area contributed by atoms with Crippen LogP contribution in [0.15, 0.2) is 41.6 Å². The fourth-order valence-corrected chi connectivity index (χ4v) is 1.90. The SMILES string of the molecule is COc1ccc(Cn2cc3c(=O)[nH]cnc3n2)cc1. The van der Waals surface area contributed by atoms with Crippen molar-refractivity contribution in [1.29, 1.82) is 0 Å². The Balaban J connectivity index is 1.92. The Kier molecular flexibility index (Phi) is 2.75. The molecule has 0 spiro atoms. The molecule has 0 saturated heterocycles. The van der Waals surface area contributed by atoms with Crippen LogP contribution in [0.25, 0.3) is 11.0 Å². The van der Waals surface area contributed by atoms with Crippen molar-refractivity contribution in [3.63, 3.8) is 0 Å². The van der Waals surface area contributed by atoms with E-state index in [0.717, 1.165) is 11.3 Å². The van der Waals surface area contributed by atoms with Gasteiger partial charge < -0.3 is 9.72 Å². The first-order valence-corrected chi connectivity index (χ1v) is 5.80. The Hall–Kier alpha value is -2.63. The molecule has 6 nitrogen and oxygen atoms in total. The maximum Gasteiger partial charge on any atom is 0.261 e. The van der Waals surface area contributed by atoms with Crippen LogP contribution in [-0.4, -0.2) is 26.9 Å². The van der Waals surface area contributed by atoms with Gasteiger partial charge in [-0.3, -0.25) is 9.48 Å². The number of rotatable bonds is 3. The molecule has 19 heavy (non-hydrogen) atoms. The molecular formula is C13H12N4O2. The number of nitrogens with one attached hydrogen (secondary N) is 1. The predicted octanol–water partition coefficient (Wildman–Crippen LogP) is 1.18. The van der Waals surface area contributed by atoms with E-state index in [1.807, 2.05) is 24.3 Å². The number of hydrogen-bond acceptors (Lipinski definition) is 4. The van der Waals surface area contributed by atoms with E-state index >= 15 is 0 Å². The zero-order valence-electron chi connectivity index (χ0n) is 10.3. The zero-order valence-corrected chi connectivity index (χ0v) is 10.3. The van der Waals surface area contributed by atoms with E-state index in [1.165, 1.54) is 6.33 Å². The fourth-order valence-electron chi connectivity index (χ4n) is 1.90. The Morgan fingerprint density at radius 1 is 1.32 bits per heavy atom. The summed E-state index contributed by atoms with van der Waals surface area (Å²) >= 11 is 0. The third-order valence-electron chi connectivity index (χ3n) is 2.87. The minimum atomic E-state index is -0.175. The molecule has 0 atom stereocenters. The lowest BCUT2D eigenvalue weighted by Crippen LogP contribution is -2.04. The standard InChI is InChI=1S/C13H12N4O2/c1-19-10-4-2-9(3-5-10)6-17-7-11-12(16-17)14-8-15-13(11)18/h2-5,7-8H,6H2,1H3,(H,14,15,16,18). The lowest BCUT2D eigenvalue weighted by atomic mass is 10.2.